The largest absolute Gasteiger partial charge is 0.457 e. The number of ether oxygens (including phenoxy) is 1. The summed E-state index contributed by atoms with van der Waals surface area (Å²) in [6.07, 6.45) is 1.54. The van der Waals surface area contributed by atoms with E-state index in [1.165, 1.54) is 0 Å². The number of aromatic nitrogens is 3. The van der Waals surface area contributed by atoms with Crippen LogP contribution >= 0.6 is 12.2 Å². The lowest BCUT2D eigenvalue weighted by Gasteiger charge is -2.05. The second-order valence-corrected chi connectivity index (χ2v) is 5.35. The number of H-pyrrole nitrogens is 1. The summed E-state index contributed by atoms with van der Waals surface area (Å²) in [7, 11) is 0. The molecule has 0 bridgehead atoms. The molecule has 1 heterocycles. The topological polar surface area (TPSA) is 72.3 Å². The Labute approximate surface area is 143 Å². The van der Waals surface area contributed by atoms with E-state index in [4.69, 9.17) is 17.0 Å². The van der Waals surface area contributed by atoms with E-state index < -0.39 is 0 Å². The van der Waals surface area contributed by atoms with Gasteiger partial charge in [-0.15, -0.1) is 0 Å². The first-order valence-corrected chi connectivity index (χ1v) is 7.60. The smallest absolute Gasteiger partial charge is 0.296 e. The van der Waals surface area contributed by atoms with E-state index in [0.717, 1.165) is 16.0 Å². The van der Waals surface area contributed by atoms with Crippen LogP contribution < -0.4 is 10.3 Å². The number of nitrogens with zero attached hydrogens (tertiary/aromatic N) is 3. The van der Waals surface area contributed by atoms with Gasteiger partial charge in [0.1, 0.15) is 17.2 Å². The number of aromatic amines is 1. The van der Waals surface area contributed by atoms with Crippen molar-refractivity contribution < 1.29 is 4.74 Å². The van der Waals surface area contributed by atoms with Crippen molar-refractivity contribution in [1.29, 1.82) is 0 Å². The number of nitrogens with one attached hydrogen (secondary N) is 1. The molecule has 3 rings (SSSR count). The summed E-state index contributed by atoms with van der Waals surface area (Å²) in [5.41, 5.74) is 0.716. The second-order valence-electron chi connectivity index (χ2n) is 4.96. The molecule has 24 heavy (non-hydrogen) atoms. The highest BCUT2D eigenvalue weighted by atomic mass is 32.1. The predicted molar refractivity (Wildman–Crippen MR) is 94.4 cm³/mol. The molecule has 0 radical (unpaired) electrons. The number of para-hydroxylation sites is 1. The Kier molecular flexibility index (Phi) is 4.62. The summed E-state index contributed by atoms with van der Waals surface area (Å²) in [5.74, 6) is 1.42. The fourth-order valence-corrected chi connectivity index (χ4v) is 2.16. The summed E-state index contributed by atoms with van der Waals surface area (Å²) in [6.45, 7) is 1.59. The molecule has 120 valence electrons. The maximum absolute atomic E-state index is 12.0. The summed E-state index contributed by atoms with van der Waals surface area (Å²) in [5, 5.41) is 10.5. The van der Waals surface area contributed by atoms with E-state index in [9.17, 15) is 4.79 Å². The highest BCUT2D eigenvalue weighted by molar-refractivity contribution is 7.71. The van der Waals surface area contributed by atoms with Crippen LogP contribution in [0.5, 0.6) is 11.5 Å². The molecule has 2 aromatic carbocycles. The Balaban J connectivity index is 1.87. The fourth-order valence-electron chi connectivity index (χ4n) is 1.98. The summed E-state index contributed by atoms with van der Waals surface area (Å²) in [6, 6.07) is 16.9. The Morgan fingerprint density at radius 2 is 1.92 bits per heavy atom. The van der Waals surface area contributed by atoms with Crippen LogP contribution in [0.3, 0.4) is 0 Å². The average molecular weight is 338 g/mol. The van der Waals surface area contributed by atoms with Gasteiger partial charge in [0.05, 0.1) is 6.21 Å². The normalized spacial score (nSPS) is 10.9. The Bertz CT molecular complexity index is 993. The van der Waals surface area contributed by atoms with Crippen molar-refractivity contribution in [1.82, 2.24) is 14.9 Å². The van der Waals surface area contributed by atoms with E-state index in [2.05, 4.69) is 15.3 Å². The quantitative estimate of drug-likeness (QED) is 0.585. The highest BCUT2D eigenvalue weighted by Crippen LogP contribution is 2.21. The van der Waals surface area contributed by atoms with Gasteiger partial charge < -0.3 is 4.74 Å². The zero-order valence-electron chi connectivity index (χ0n) is 12.8. The van der Waals surface area contributed by atoms with Crippen molar-refractivity contribution in [2.24, 2.45) is 5.10 Å². The van der Waals surface area contributed by atoms with Crippen LogP contribution in [0.2, 0.25) is 0 Å². The minimum Gasteiger partial charge on any atom is -0.457 e. The van der Waals surface area contributed by atoms with Gasteiger partial charge in [0.25, 0.3) is 5.56 Å². The Morgan fingerprint density at radius 3 is 2.71 bits per heavy atom. The van der Waals surface area contributed by atoms with E-state index in [1.807, 2.05) is 54.6 Å². The fraction of sp³-hybridized carbons (Fsp3) is 0.0588. The van der Waals surface area contributed by atoms with Crippen molar-refractivity contribution in [2.45, 2.75) is 6.92 Å². The first-order chi connectivity index (χ1) is 11.6. The van der Waals surface area contributed by atoms with Gasteiger partial charge in [0.2, 0.25) is 4.77 Å². The van der Waals surface area contributed by atoms with Gasteiger partial charge in [-0.1, -0.05) is 30.3 Å². The van der Waals surface area contributed by atoms with Gasteiger partial charge in [-0.25, -0.2) is 0 Å². The molecule has 0 fully saturated rings. The molecule has 1 N–H and O–H groups in total. The summed E-state index contributed by atoms with van der Waals surface area (Å²) < 4.78 is 7.01. The van der Waals surface area contributed by atoms with Crippen LogP contribution in [0.4, 0.5) is 0 Å². The molecule has 0 saturated heterocycles. The van der Waals surface area contributed by atoms with E-state index in [-0.39, 0.29) is 10.3 Å². The number of aryl methyl sites for hydroxylation is 1. The minimum atomic E-state index is -0.355. The van der Waals surface area contributed by atoms with Gasteiger partial charge >= 0.3 is 0 Å². The number of benzene rings is 2. The third-order valence-corrected chi connectivity index (χ3v) is 3.44. The average Bonchev–Trinajstić information content (AvgIpc) is 2.60. The van der Waals surface area contributed by atoms with Gasteiger partial charge in [-0.05, 0) is 49.0 Å². The van der Waals surface area contributed by atoms with Gasteiger partial charge in [-0.3, -0.25) is 9.89 Å². The van der Waals surface area contributed by atoms with E-state index >= 15 is 0 Å². The molecular formula is C17H14N4O2S. The van der Waals surface area contributed by atoms with E-state index in [1.54, 1.807) is 13.1 Å². The molecule has 0 aliphatic rings. The molecular weight excluding hydrogens is 324 g/mol. The van der Waals surface area contributed by atoms with Crippen LogP contribution in [0.1, 0.15) is 11.3 Å². The zero-order chi connectivity index (χ0) is 16.9. The predicted octanol–water partition coefficient (Wildman–Crippen LogP) is 3.28. The Morgan fingerprint density at radius 1 is 1.17 bits per heavy atom. The molecule has 0 amide bonds. The van der Waals surface area contributed by atoms with Gasteiger partial charge in [-0.2, -0.15) is 14.9 Å². The van der Waals surface area contributed by atoms with Gasteiger partial charge in [0, 0.05) is 0 Å². The molecule has 0 atom stereocenters. The van der Waals surface area contributed by atoms with Crippen LogP contribution in [-0.4, -0.2) is 21.1 Å². The second kappa shape index (κ2) is 7.01. The molecule has 0 unspecified atom stereocenters. The summed E-state index contributed by atoms with van der Waals surface area (Å²) in [4.78, 5) is 12.0. The van der Waals surface area contributed by atoms with Crippen molar-refractivity contribution >= 4 is 18.4 Å². The number of hydrogen-bond donors (Lipinski definition) is 1. The Hall–Kier alpha value is -3.06. The molecule has 0 saturated carbocycles. The lowest BCUT2D eigenvalue weighted by atomic mass is 10.2. The van der Waals surface area contributed by atoms with Crippen molar-refractivity contribution in [3.05, 3.63) is 81.0 Å². The number of hydrogen-bond acceptors (Lipinski definition) is 5. The van der Waals surface area contributed by atoms with Crippen molar-refractivity contribution in [2.75, 3.05) is 0 Å². The number of rotatable bonds is 4. The first-order valence-electron chi connectivity index (χ1n) is 7.19. The molecule has 0 aliphatic heterocycles. The maximum Gasteiger partial charge on any atom is 0.296 e. The van der Waals surface area contributed by atoms with Crippen LogP contribution in [0.25, 0.3) is 0 Å². The van der Waals surface area contributed by atoms with Crippen molar-refractivity contribution in [3.8, 4) is 11.5 Å². The lowest BCUT2D eigenvalue weighted by molar-refractivity contribution is 0.482. The monoisotopic (exact) mass is 338 g/mol. The molecule has 7 heteroatoms. The molecule has 1 aromatic heterocycles. The lowest BCUT2D eigenvalue weighted by Crippen LogP contribution is -2.22. The molecule has 3 aromatic rings. The highest BCUT2D eigenvalue weighted by Gasteiger charge is 2.01. The summed E-state index contributed by atoms with van der Waals surface area (Å²) >= 11 is 5.03. The minimum absolute atomic E-state index is 0.138. The van der Waals surface area contributed by atoms with Gasteiger partial charge in [0.15, 0.2) is 0 Å². The first kappa shape index (κ1) is 15.8. The third kappa shape index (κ3) is 3.64. The molecule has 6 nitrogen and oxygen atoms in total. The SMILES string of the molecule is Cc1n[nH]c(=S)n(/N=C\c2cccc(Oc3ccccc3)c2)c1=O. The van der Waals surface area contributed by atoms with Crippen LogP contribution in [0, 0.1) is 11.7 Å². The van der Waals surface area contributed by atoms with Crippen LogP contribution in [0.15, 0.2) is 64.5 Å². The maximum atomic E-state index is 12.0. The molecule has 0 aliphatic carbocycles. The molecule has 0 spiro atoms. The van der Waals surface area contributed by atoms with Crippen molar-refractivity contribution in [3.63, 3.8) is 0 Å². The standard InChI is InChI=1S/C17H14N4O2S/c1-12-16(22)21(17(24)20-19-12)18-11-13-6-5-9-15(10-13)23-14-7-3-2-4-8-14/h2-11H,1H3,(H,20,24)/b18-11-. The zero-order valence-corrected chi connectivity index (χ0v) is 13.7. The third-order valence-electron chi connectivity index (χ3n) is 3.17. The van der Waals surface area contributed by atoms with Crippen LogP contribution in [-0.2, 0) is 0 Å². The van der Waals surface area contributed by atoms with E-state index in [0.29, 0.717) is 11.4 Å².